The summed E-state index contributed by atoms with van der Waals surface area (Å²) < 4.78 is 5.98. The van der Waals surface area contributed by atoms with E-state index >= 15 is 0 Å². The van der Waals surface area contributed by atoms with Crippen LogP contribution in [-0.2, 0) is 6.42 Å². The van der Waals surface area contributed by atoms with Crippen molar-refractivity contribution < 1.29 is 4.74 Å². The summed E-state index contributed by atoms with van der Waals surface area (Å²) in [5, 5.41) is 3.43. The molecule has 1 unspecified atom stereocenters. The monoisotopic (exact) mass is 319 g/mol. The number of hydrogen-bond donors (Lipinski definition) is 2. The molecule has 0 bridgehead atoms. The van der Waals surface area contributed by atoms with Gasteiger partial charge in [-0.1, -0.05) is 26.0 Å². The number of ether oxygens (including phenoxy) is 1. The highest BCUT2D eigenvalue weighted by atomic mass is 16.5. The Morgan fingerprint density at radius 2 is 2.00 bits per heavy atom. The molecule has 1 aromatic carbocycles. The molecule has 1 aromatic rings. The molecule has 1 saturated heterocycles. The van der Waals surface area contributed by atoms with Crippen LogP contribution in [0.25, 0.3) is 0 Å². The van der Waals surface area contributed by atoms with Gasteiger partial charge in [-0.15, -0.1) is 0 Å². The molecule has 23 heavy (non-hydrogen) atoms. The lowest BCUT2D eigenvalue weighted by Crippen LogP contribution is -2.49. The number of nitrogens with two attached hydrogens (primary N) is 1. The second-order valence-electron chi connectivity index (χ2n) is 6.97. The fourth-order valence-corrected chi connectivity index (χ4v) is 3.20. The summed E-state index contributed by atoms with van der Waals surface area (Å²) >= 11 is 0. The Morgan fingerprint density at radius 3 is 2.65 bits per heavy atom. The highest BCUT2D eigenvalue weighted by molar-refractivity contribution is 5.39. The van der Waals surface area contributed by atoms with E-state index in [1.54, 1.807) is 0 Å². The molecular weight excluding hydrogens is 286 g/mol. The predicted octanol–water partition coefficient (Wildman–Crippen LogP) is 2.19. The van der Waals surface area contributed by atoms with Crippen molar-refractivity contribution in [3.05, 3.63) is 29.3 Å². The molecule has 1 fully saturated rings. The Balaban J connectivity index is 2.07. The van der Waals surface area contributed by atoms with Crippen LogP contribution in [-0.4, -0.2) is 50.3 Å². The van der Waals surface area contributed by atoms with Crippen LogP contribution in [0.2, 0.25) is 0 Å². The molecule has 0 aliphatic carbocycles. The molecule has 3 N–H and O–H groups in total. The van der Waals surface area contributed by atoms with Gasteiger partial charge in [0.2, 0.25) is 0 Å². The van der Waals surface area contributed by atoms with Crippen molar-refractivity contribution in [3.63, 3.8) is 0 Å². The van der Waals surface area contributed by atoms with E-state index in [4.69, 9.17) is 10.5 Å². The molecule has 1 heterocycles. The molecule has 1 atom stereocenters. The minimum absolute atomic E-state index is 0.529. The molecular formula is C19H33N3O. The van der Waals surface area contributed by atoms with Crippen LogP contribution in [0.15, 0.2) is 18.2 Å². The average molecular weight is 319 g/mol. The highest BCUT2D eigenvalue weighted by Gasteiger charge is 2.21. The third kappa shape index (κ3) is 5.48. The lowest BCUT2D eigenvalue weighted by molar-refractivity contribution is 0.165. The van der Waals surface area contributed by atoms with E-state index in [1.165, 1.54) is 11.1 Å². The van der Waals surface area contributed by atoms with Crippen molar-refractivity contribution in [2.45, 2.75) is 39.7 Å². The number of nitrogens with one attached hydrogen (secondary N) is 1. The molecule has 0 saturated carbocycles. The summed E-state index contributed by atoms with van der Waals surface area (Å²) in [5.41, 5.74) is 8.55. The maximum atomic E-state index is 5.98. The lowest BCUT2D eigenvalue weighted by atomic mass is 9.97. The normalized spacial score (nSPS) is 17.4. The zero-order chi connectivity index (χ0) is 16.7. The van der Waals surface area contributed by atoms with Crippen molar-refractivity contribution >= 4 is 0 Å². The van der Waals surface area contributed by atoms with Crippen molar-refractivity contribution in [3.8, 4) is 5.75 Å². The first kappa shape index (κ1) is 18.2. The van der Waals surface area contributed by atoms with Gasteiger partial charge in [0.1, 0.15) is 5.75 Å². The van der Waals surface area contributed by atoms with E-state index < -0.39 is 0 Å². The van der Waals surface area contributed by atoms with Gasteiger partial charge in [-0.05, 0) is 49.4 Å². The molecule has 4 heteroatoms. The number of piperazine rings is 1. The van der Waals surface area contributed by atoms with Crippen molar-refractivity contribution in [1.82, 2.24) is 10.2 Å². The van der Waals surface area contributed by atoms with Crippen LogP contribution in [0.1, 0.15) is 31.4 Å². The number of nitrogens with zero attached hydrogens (tertiary/aromatic N) is 1. The minimum Gasteiger partial charge on any atom is -0.493 e. The standard InChI is InChI=1S/C19H33N3O/c1-15(2)14-23-19-6-4-5-17(16(19)3)13-18(7-8-20)22-11-9-21-10-12-22/h4-6,15,18,21H,7-14,20H2,1-3H3. The largest absolute Gasteiger partial charge is 0.493 e. The second kappa shape index (κ2) is 9.26. The minimum atomic E-state index is 0.529. The Bertz CT molecular complexity index is 470. The maximum absolute atomic E-state index is 5.98. The van der Waals surface area contributed by atoms with E-state index in [2.05, 4.69) is 49.2 Å². The van der Waals surface area contributed by atoms with Gasteiger partial charge >= 0.3 is 0 Å². The van der Waals surface area contributed by atoms with E-state index in [9.17, 15) is 0 Å². The Morgan fingerprint density at radius 1 is 1.26 bits per heavy atom. The van der Waals surface area contributed by atoms with Gasteiger partial charge < -0.3 is 15.8 Å². The van der Waals surface area contributed by atoms with Crippen LogP contribution >= 0.6 is 0 Å². The SMILES string of the molecule is Cc1c(CC(CCN)N2CCNCC2)cccc1OCC(C)C. The van der Waals surface area contributed by atoms with Gasteiger partial charge in [0, 0.05) is 32.2 Å². The second-order valence-corrected chi connectivity index (χ2v) is 6.97. The van der Waals surface area contributed by atoms with E-state index in [1.807, 2.05) is 0 Å². The van der Waals surface area contributed by atoms with Gasteiger partial charge in [-0.25, -0.2) is 0 Å². The van der Waals surface area contributed by atoms with Gasteiger partial charge in [0.15, 0.2) is 0 Å². The fraction of sp³-hybridized carbons (Fsp3) is 0.684. The number of hydrogen-bond acceptors (Lipinski definition) is 4. The molecule has 0 amide bonds. The van der Waals surface area contributed by atoms with E-state index in [0.29, 0.717) is 12.0 Å². The molecule has 2 rings (SSSR count). The number of rotatable bonds is 8. The first-order valence-corrected chi connectivity index (χ1v) is 8.98. The molecule has 0 radical (unpaired) electrons. The zero-order valence-electron chi connectivity index (χ0n) is 15.0. The quantitative estimate of drug-likeness (QED) is 0.771. The molecule has 4 nitrogen and oxygen atoms in total. The summed E-state index contributed by atoms with van der Waals surface area (Å²) in [6.45, 7) is 12.5. The third-order valence-electron chi connectivity index (χ3n) is 4.59. The topological polar surface area (TPSA) is 50.5 Å². The summed E-state index contributed by atoms with van der Waals surface area (Å²) in [7, 11) is 0. The zero-order valence-corrected chi connectivity index (χ0v) is 15.0. The molecule has 1 aliphatic rings. The molecule has 130 valence electrons. The predicted molar refractivity (Wildman–Crippen MR) is 97.1 cm³/mol. The van der Waals surface area contributed by atoms with E-state index in [0.717, 1.165) is 57.9 Å². The van der Waals surface area contributed by atoms with Gasteiger partial charge in [0.25, 0.3) is 0 Å². The van der Waals surface area contributed by atoms with Gasteiger partial charge in [0.05, 0.1) is 6.61 Å². The molecule has 0 aromatic heterocycles. The Labute approximate surface area is 141 Å². The van der Waals surface area contributed by atoms with E-state index in [-0.39, 0.29) is 0 Å². The Kier molecular flexibility index (Phi) is 7.34. The summed E-state index contributed by atoms with van der Waals surface area (Å²) in [6.07, 6.45) is 2.11. The highest BCUT2D eigenvalue weighted by Crippen LogP contribution is 2.24. The molecule has 1 aliphatic heterocycles. The van der Waals surface area contributed by atoms with Crippen LogP contribution < -0.4 is 15.8 Å². The van der Waals surface area contributed by atoms with Crippen molar-refractivity contribution in [2.24, 2.45) is 11.7 Å². The van der Waals surface area contributed by atoms with Crippen LogP contribution in [0.4, 0.5) is 0 Å². The third-order valence-corrected chi connectivity index (χ3v) is 4.59. The van der Waals surface area contributed by atoms with Crippen molar-refractivity contribution in [1.29, 1.82) is 0 Å². The van der Waals surface area contributed by atoms with Gasteiger partial charge in [-0.2, -0.15) is 0 Å². The van der Waals surface area contributed by atoms with Crippen molar-refractivity contribution in [2.75, 3.05) is 39.3 Å². The summed E-state index contributed by atoms with van der Waals surface area (Å²) in [4.78, 5) is 2.59. The smallest absolute Gasteiger partial charge is 0.122 e. The van der Waals surface area contributed by atoms with Crippen LogP contribution in [0.3, 0.4) is 0 Å². The van der Waals surface area contributed by atoms with Gasteiger partial charge in [-0.3, -0.25) is 4.90 Å². The number of benzene rings is 1. The average Bonchev–Trinajstić information content (AvgIpc) is 2.55. The first-order valence-electron chi connectivity index (χ1n) is 8.98. The lowest BCUT2D eigenvalue weighted by Gasteiger charge is -2.35. The Hall–Kier alpha value is -1.10. The first-order chi connectivity index (χ1) is 11.1. The molecule has 0 spiro atoms. The summed E-state index contributed by atoms with van der Waals surface area (Å²) in [5.74, 6) is 1.58. The van der Waals surface area contributed by atoms with Crippen LogP contribution in [0.5, 0.6) is 5.75 Å². The fourth-order valence-electron chi connectivity index (χ4n) is 3.20. The summed E-state index contributed by atoms with van der Waals surface area (Å²) in [6, 6.07) is 6.98. The van der Waals surface area contributed by atoms with Crippen LogP contribution in [0, 0.1) is 12.8 Å². The maximum Gasteiger partial charge on any atom is 0.122 e.